The Morgan fingerprint density at radius 1 is 1.31 bits per heavy atom. The van der Waals surface area contributed by atoms with Crippen molar-refractivity contribution in [2.24, 2.45) is 11.1 Å². The second-order valence-corrected chi connectivity index (χ2v) is 6.21. The lowest BCUT2D eigenvalue weighted by atomic mass is 10.0. The van der Waals surface area contributed by atoms with Gasteiger partial charge in [-0.3, -0.25) is 0 Å². The van der Waals surface area contributed by atoms with Crippen LogP contribution >= 0.6 is 11.6 Å². The van der Waals surface area contributed by atoms with Crippen LogP contribution in [0.25, 0.3) is 0 Å². The molecule has 90 valence electrons. The number of sulfonamides is 1. The van der Waals surface area contributed by atoms with Crippen LogP contribution in [-0.4, -0.2) is 13.8 Å². The quantitative estimate of drug-likeness (QED) is 0.844. The highest BCUT2D eigenvalue weighted by Gasteiger charge is 2.17. The maximum atomic E-state index is 11.3. The van der Waals surface area contributed by atoms with Gasteiger partial charge in [-0.1, -0.05) is 32.0 Å². The van der Waals surface area contributed by atoms with Crippen LogP contribution < -0.4 is 5.14 Å². The zero-order valence-electron chi connectivity index (χ0n) is 9.35. The summed E-state index contributed by atoms with van der Waals surface area (Å²) in [6.45, 7) is 3.99. The molecule has 3 nitrogen and oxygen atoms in total. The van der Waals surface area contributed by atoms with Gasteiger partial charge in [0, 0.05) is 5.38 Å². The smallest absolute Gasteiger partial charge is 0.225 e. The summed E-state index contributed by atoms with van der Waals surface area (Å²) >= 11 is 6.14. The minimum absolute atomic E-state index is 0.0945. The first kappa shape index (κ1) is 13.5. The summed E-state index contributed by atoms with van der Waals surface area (Å²) in [5, 5.41) is 5.04. The van der Waals surface area contributed by atoms with Gasteiger partial charge in [0.2, 0.25) is 10.0 Å². The molecule has 0 bridgehead atoms. The van der Waals surface area contributed by atoms with E-state index < -0.39 is 10.0 Å². The molecule has 1 rings (SSSR count). The lowest BCUT2D eigenvalue weighted by Crippen LogP contribution is -2.18. The number of hydrogen-bond donors (Lipinski definition) is 1. The van der Waals surface area contributed by atoms with Gasteiger partial charge in [0.1, 0.15) is 0 Å². The van der Waals surface area contributed by atoms with E-state index in [1.54, 1.807) is 18.2 Å². The number of rotatable bonds is 4. The fraction of sp³-hybridized carbons (Fsp3) is 0.455. The van der Waals surface area contributed by atoms with Crippen LogP contribution in [0.3, 0.4) is 0 Å². The summed E-state index contributed by atoms with van der Waals surface area (Å²) in [6.07, 6.45) is 0.506. The van der Waals surface area contributed by atoms with Crippen molar-refractivity contribution >= 4 is 21.6 Å². The molecule has 0 fully saturated rings. The average Bonchev–Trinajstić information content (AvgIpc) is 2.16. The van der Waals surface area contributed by atoms with E-state index in [0.717, 1.165) is 0 Å². The van der Waals surface area contributed by atoms with Crippen LogP contribution in [0.2, 0.25) is 0 Å². The molecule has 16 heavy (non-hydrogen) atoms. The first-order valence-electron chi connectivity index (χ1n) is 5.07. The predicted molar refractivity (Wildman–Crippen MR) is 66.0 cm³/mol. The fourth-order valence-corrected chi connectivity index (χ4v) is 2.35. The van der Waals surface area contributed by atoms with Gasteiger partial charge in [0.15, 0.2) is 0 Å². The normalized spacial score (nSPS) is 14.1. The third kappa shape index (κ3) is 3.47. The second-order valence-electron chi connectivity index (χ2n) is 4.12. The lowest BCUT2D eigenvalue weighted by Gasteiger charge is -2.15. The van der Waals surface area contributed by atoms with Crippen LogP contribution in [-0.2, 0) is 16.4 Å². The van der Waals surface area contributed by atoms with E-state index >= 15 is 0 Å². The number of alkyl halides is 1. The molecular formula is C11H16ClNO2S. The van der Waals surface area contributed by atoms with Crippen molar-refractivity contribution < 1.29 is 8.42 Å². The van der Waals surface area contributed by atoms with E-state index in [1.165, 1.54) is 6.07 Å². The molecule has 0 amide bonds. The summed E-state index contributed by atoms with van der Waals surface area (Å²) in [5.41, 5.74) is 0.679. The van der Waals surface area contributed by atoms with Gasteiger partial charge >= 0.3 is 0 Å². The lowest BCUT2D eigenvalue weighted by molar-refractivity contribution is 0.583. The van der Waals surface area contributed by atoms with Gasteiger partial charge in [-0.15, -0.1) is 11.6 Å². The average molecular weight is 262 g/mol. The summed E-state index contributed by atoms with van der Waals surface area (Å²) in [7, 11) is -3.66. The number of primary sulfonamides is 1. The molecule has 0 heterocycles. The molecule has 0 saturated carbocycles. The Bertz CT molecular complexity index is 457. The van der Waals surface area contributed by atoms with Crippen molar-refractivity contribution in [2.75, 3.05) is 0 Å². The van der Waals surface area contributed by atoms with Crippen molar-refractivity contribution in [3.63, 3.8) is 0 Å². The number of halogens is 1. The minimum Gasteiger partial charge on any atom is -0.225 e. The second kappa shape index (κ2) is 5.17. The predicted octanol–water partition coefficient (Wildman–Crippen LogP) is 2.14. The summed E-state index contributed by atoms with van der Waals surface area (Å²) < 4.78 is 22.7. The summed E-state index contributed by atoms with van der Waals surface area (Å²) in [5.74, 6) is 0.287. The van der Waals surface area contributed by atoms with E-state index in [1.807, 2.05) is 13.8 Å². The molecule has 0 radical (unpaired) electrons. The number of nitrogens with two attached hydrogens (primary N) is 1. The monoisotopic (exact) mass is 261 g/mol. The van der Waals surface area contributed by atoms with Crippen LogP contribution in [0, 0.1) is 5.92 Å². The van der Waals surface area contributed by atoms with E-state index in [-0.39, 0.29) is 16.2 Å². The fourth-order valence-electron chi connectivity index (χ4n) is 1.40. The van der Waals surface area contributed by atoms with Crippen LogP contribution in [0.4, 0.5) is 0 Å². The van der Waals surface area contributed by atoms with Gasteiger partial charge in [0.05, 0.1) is 4.90 Å². The summed E-state index contributed by atoms with van der Waals surface area (Å²) in [6, 6.07) is 6.70. The maximum absolute atomic E-state index is 11.3. The first-order valence-corrected chi connectivity index (χ1v) is 7.05. The van der Waals surface area contributed by atoms with Crippen LogP contribution in [0.15, 0.2) is 29.2 Å². The number of benzene rings is 1. The van der Waals surface area contributed by atoms with Crippen LogP contribution in [0.5, 0.6) is 0 Å². The SMILES string of the molecule is CC(C)C(Cl)Cc1ccccc1S(N)(=O)=O. The standard InChI is InChI=1S/C11H16ClNO2S/c1-8(2)10(12)7-9-5-3-4-6-11(9)16(13,14)15/h3-6,8,10H,7H2,1-2H3,(H2,13,14,15). The highest BCUT2D eigenvalue weighted by molar-refractivity contribution is 7.89. The molecule has 0 saturated heterocycles. The molecule has 0 aliphatic heterocycles. The van der Waals surface area contributed by atoms with Gasteiger partial charge < -0.3 is 0 Å². The molecule has 1 aromatic rings. The zero-order valence-corrected chi connectivity index (χ0v) is 10.9. The first-order chi connectivity index (χ1) is 7.32. The third-order valence-corrected chi connectivity index (χ3v) is 4.09. The Kier molecular flexibility index (Phi) is 4.35. The Labute approximate surface area is 102 Å². The summed E-state index contributed by atoms with van der Waals surface area (Å²) in [4.78, 5) is 0.168. The van der Waals surface area contributed by atoms with Crippen molar-refractivity contribution in [2.45, 2.75) is 30.5 Å². The molecule has 1 aromatic carbocycles. The molecule has 0 spiro atoms. The zero-order chi connectivity index (χ0) is 12.3. The van der Waals surface area contributed by atoms with E-state index in [0.29, 0.717) is 12.0 Å². The Morgan fingerprint density at radius 2 is 1.88 bits per heavy atom. The maximum Gasteiger partial charge on any atom is 0.238 e. The molecule has 2 N–H and O–H groups in total. The van der Waals surface area contributed by atoms with E-state index in [9.17, 15) is 8.42 Å². The van der Waals surface area contributed by atoms with Crippen molar-refractivity contribution in [3.8, 4) is 0 Å². The highest BCUT2D eigenvalue weighted by atomic mass is 35.5. The highest BCUT2D eigenvalue weighted by Crippen LogP contribution is 2.21. The minimum atomic E-state index is -3.66. The van der Waals surface area contributed by atoms with Crippen molar-refractivity contribution in [1.29, 1.82) is 0 Å². The Morgan fingerprint density at radius 3 is 2.38 bits per heavy atom. The Hall–Kier alpha value is -0.580. The molecule has 0 aliphatic rings. The molecule has 5 heteroatoms. The molecule has 0 aliphatic carbocycles. The van der Waals surface area contributed by atoms with E-state index in [4.69, 9.17) is 16.7 Å². The van der Waals surface area contributed by atoms with Crippen LogP contribution in [0.1, 0.15) is 19.4 Å². The third-order valence-electron chi connectivity index (χ3n) is 2.42. The largest absolute Gasteiger partial charge is 0.238 e. The van der Waals surface area contributed by atoms with Gasteiger partial charge in [-0.25, -0.2) is 13.6 Å². The van der Waals surface area contributed by atoms with Crippen molar-refractivity contribution in [1.82, 2.24) is 0 Å². The molecule has 1 atom stereocenters. The van der Waals surface area contributed by atoms with Gasteiger partial charge in [-0.2, -0.15) is 0 Å². The number of hydrogen-bond acceptors (Lipinski definition) is 2. The molecular weight excluding hydrogens is 246 g/mol. The molecule has 0 aromatic heterocycles. The van der Waals surface area contributed by atoms with Gasteiger partial charge in [0.25, 0.3) is 0 Å². The van der Waals surface area contributed by atoms with Gasteiger partial charge in [-0.05, 0) is 24.0 Å². The van der Waals surface area contributed by atoms with Crippen molar-refractivity contribution in [3.05, 3.63) is 29.8 Å². The molecule has 1 unspecified atom stereocenters. The Balaban J connectivity index is 3.06. The van der Waals surface area contributed by atoms with E-state index in [2.05, 4.69) is 0 Å². The topological polar surface area (TPSA) is 60.2 Å².